The Kier molecular flexibility index (Phi) is 6.15. The Balaban J connectivity index is 1.32. The number of fused-ring (bicyclic) bond motifs is 1. The Hall–Kier alpha value is -3.88. The van der Waals surface area contributed by atoms with Crippen molar-refractivity contribution < 1.29 is 19.2 Å². The maximum absolute atomic E-state index is 13.4. The van der Waals surface area contributed by atoms with Crippen LogP contribution in [0, 0.1) is 24.0 Å². The van der Waals surface area contributed by atoms with E-state index in [-0.39, 0.29) is 17.6 Å². The van der Waals surface area contributed by atoms with E-state index in [1.807, 2.05) is 47.4 Å². The fourth-order valence-electron chi connectivity index (χ4n) is 4.94. The molecule has 2 aliphatic rings. The summed E-state index contributed by atoms with van der Waals surface area (Å²) in [5, 5.41) is 15.6. The van der Waals surface area contributed by atoms with Crippen molar-refractivity contribution in [3.05, 3.63) is 80.7 Å². The average Bonchev–Trinajstić information content (AvgIpc) is 3.35. The van der Waals surface area contributed by atoms with E-state index in [1.54, 1.807) is 18.5 Å². The summed E-state index contributed by atoms with van der Waals surface area (Å²) in [6, 6.07) is 13.4. The quantitative estimate of drug-likeness (QED) is 0.394. The monoisotopic (exact) mass is 476 g/mol. The minimum absolute atomic E-state index is 0.00502. The Morgan fingerprint density at radius 2 is 1.83 bits per heavy atom. The molecule has 1 fully saturated rings. The van der Waals surface area contributed by atoms with E-state index in [0.29, 0.717) is 43.3 Å². The molecular weight excluding hydrogens is 448 g/mol. The zero-order valence-corrected chi connectivity index (χ0v) is 19.9. The van der Waals surface area contributed by atoms with Crippen LogP contribution in [-0.4, -0.2) is 45.3 Å². The lowest BCUT2D eigenvalue weighted by Gasteiger charge is -2.26. The highest BCUT2D eigenvalue weighted by Crippen LogP contribution is 2.38. The van der Waals surface area contributed by atoms with Crippen LogP contribution in [0.2, 0.25) is 0 Å². The van der Waals surface area contributed by atoms with Gasteiger partial charge in [0.25, 0.3) is 5.91 Å². The minimum Gasteiger partial charge on any atom is -0.490 e. The van der Waals surface area contributed by atoms with Gasteiger partial charge < -0.3 is 14.4 Å². The fraction of sp³-hybridized carbons (Fsp3) is 0.385. The van der Waals surface area contributed by atoms with Crippen LogP contribution >= 0.6 is 0 Å². The van der Waals surface area contributed by atoms with Gasteiger partial charge in [0.05, 0.1) is 30.7 Å². The predicted molar refractivity (Wildman–Crippen MR) is 129 cm³/mol. The van der Waals surface area contributed by atoms with Crippen LogP contribution in [0.4, 0.5) is 5.69 Å². The summed E-state index contributed by atoms with van der Waals surface area (Å²) in [6.07, 6.45) is 2.70. The molecule has 0 radical (unpaired) electrons. The fourth-order valence-corrected chi connectivity index (χ4v) is 4.94. The summed E-state index contributed by atoms with van der Waals surface area (Å²) < 4.78 is 13.2. The van der Waals surface area contributed by atoms with Gasteiger partial charge in [-0.05, 0) is 62.1 Å². The summed E-state index contributed by atoms with van der Waals surface area (Å²) in [7, 11) is 0. The molecule has 0 N–H and O–H groups in total. The van der Waals surface area contributed by atoms with Crippen molar-refractivity contribution in [1.82, 2.24) is 14.7 Å². The Bertz CT molecular complexity index is 1270. The number of ether oxygens (including phenoxy) is 2. The molecule has 2 aliphatic heterocycles. The predicted octanol–water partition coefficient (Wildman–Crippen LogP) is 4.60. The van der Waals surface area contributed by atoms with Crippen molar-refractivity contribution in [2.45, 2.75) is 45.7 Å². The highest BCUT2D eigenvalue weighted by atomic mass is 16.6. The number of likely N-dealkylation sites (tertiary alicyclic amines) is 1. The number of hydrogen-bond acceptors (Lipinski definition) is 6. The van der Waals surface area contributed by atoms with Crippen molar-refractivity contribution in [1.29, 1.82) is 0 Å². The zero-order valence-electron chi connectivity index (χ0n) is 19.9. The second kappa shape index (κ2) is 9.40. The molecule has 0 aliphatic carbocycles. The number of amides is 1. The van der Waals surface area contributed by atoms with Crippen molar-refractivity contribution in [2.75, 3.05) is 19.8 Å². The molecule has 0 bridgehead atoms. The smallest absolute Gasteiger partial charge is 0.312 e. The molecule has 5 rings (SSSR count). The molecule has 182 valence electrons. The van der Waals surface area contributed by atoms with Crippen molar-refractivity contribution in [3.63, 3.8) is 0 Å². The first-order valence-electron chi connectivity index (χ1n) is 11.9. The van der Waals surface area contributed by atoms with E-state index in [1.165, 1.54) is 0 Å². The normalized spacial score (nSPS) is 17.3. The SMILES string of the molecule is Cc1nn(Cc2ccc(C(=O)N3CCCC3c3ccc4c(c3)OCCCO4)cc2)c(C)c1[N+](=O)[O-]. The number of rotatable bonds is 5. The van der Waals surface area contributed by atoms with Crippen LogP contribution in [0.25, 0.3) is 0 Å². The standard InChI is InChI=1S/C26H28N4O5/c1-17-25(30(32)33)18(2)29(27-17)16-19-6-8-20(9-7-19)26(31)28-12-3-5-22(28)21-10-11-23-24(15-21)35-14-4-13-34-23/h6-11,15,22H,3-5,12-14,16H2,1-2H3. The number of benzene rings is 2. The van der Waals surface area contributed by atoms with E-state index < -0.39 is 4.92 Å². The van der Waals surface area contributed by atoms with Crippen LogP contribution in [0.15, 0.2) is 42.5 Å². The van der Waals surface area contributed by atoms with Crippen LogP contribution in [0.5, 0.6) is 11.5 Å². The molecule has 0 spiro atoms. The van der Waals surface area contributed by atoms with Gasteiger partial charge in [0, 0.05) is 18.5 Å². The molecule has 1 amide bonds. The molecule has 0 saturated carbocycles. The first-order chi connectivity index (χ1) is 16.9. The molecule has 1 atom stereocenters. The van der Waals surface area contributed by atoms with Crippen molar-refractivity contribution in [3.8, 4) is 11.5 Å². The van der Waals surface area contributed by atoms with E-state index in [2.05, 4.69) is 5.10 Å². The van der Waals surface area contributed by atoms with Crippen LogP contribution in [0.3, 0.4) is 0 Å². The van der Waals surface area contributed by atoms with E-state index in [4.69, 9.17) is 9.47 Å². The van der Waals surface area contributed by atoms with Gasteiger partial charge in [-0.15, -0.1) is 0 Å². The number of hydrogen-bond donors (Lipinski definition) is 0. The second-order valence-corrected chi connectivity index (χ2v) is 9.04. The van der Waals surface area contributed by atoms with Gasteiger partial charge in [-0.2, -0.15) is 5.10 Å². The number of nitro groups is 1. The highest BCUT2D eigenvalue weighted by Gasteiger charge is 2.31. The number of aromatic nitrogens is 2. The summed E-state index contributed by atoms with van der Waals surface area (Å²) in [6.45, 7) is 5.71. The zero-order chi connectivity index (χ0) is 24.5. The largest absolute Gasteiger partial charge is 0.490 e. The van der Waals surface area contributed by atoms with E-state index in [9.17, 15) is 14.9 Å². The van der Waals surface area contributed by atoms with E-state index >= 15 is 0 Å². The lowest BCUT2D eigenvalue weighted by molar-refractivity contribution is -0.386. The number of carbonyl (C=O) groups is 1. The number of nitrogens with zero attached hydrogens (tertiary/aromatic N) is 4. The average molecular weight is 477 g/mol. The lowest BCUT2D eigenvalue weighted by Crippen LogP contribution is -2.30. The molecule has 35 heavy (non-hydrogen) atoms. The molecule has 1 unspecified atom stereocenters. The Labute approximate surface area is 203 Å². The Morgan fingerprint density at radius 1 is 1.09 bits per heavy atom. The third kappa shape index (κ3) is 4.45. The first kappa shape index (κ1) is 22.9. The molecule has 1 saturated heterocycles. The van der Waals surface area contributed by atoms with Gasteiger partial charge in [0.1, 0.15) is 11.4 Å². The molecule has 1 aromatic heterocycles. The molecule has 3 heterocycles. The maximum atomic E-state index is 13.4. The molecule has 9 heteroatoms. The number of aryl methyl sites for hydroxylation is 1. The van der Waals surface area contributed by atoms with E-state index in [0.717, 1.165) is 41.9 Å². The second-order valence-electron chi connectivity index (χ2n) is 9.04. The molecular formula is C26H28N4O5. The summed E-state index contributed by atoms with van der Waals surface area (Å²) in [5.41, 5.74) is 3.56. The van der Waals surface area contributed by atoms with Gasteiger partial charge in [0.2, 0.25) is 0 Å². The van der Waals surface area contributed by atoms with Gasteiger partial charge in [0.15, 0.2) is 11.5 Å². The van der Waals surface area contributed by atoms with Crippen LogP contribution < -0.4 is 9.47 Å². The topological polar surface area (TPSA) is 99.7 Å². The third-order valence-electron chi connectivity index (χ3n) is 6.73. The summed E-state index contributed by atoms with van der Waals surface area (Å²) in [4.78, 5) is 26.2. The molecule has 9 nitrogen and oxygen atoms in total. The molecule has 3 aromatic rings. The lowest BCUT2D eigenvalue weighted by atomic mass is 10.0. The van der Waals surface area contributed by atoms with Crippen molar-refractivity contribution >= 4 is 11.6 Å². The summed E-state index contributed by atoms with van der Waals surface area (Å²) in [5.74, 6) is 1.49. The van der Waals surface area contributed by atoms with Crippen LogP contribution in [-0.2, 0) is 6.54 Å². The van der Waals surface area contributed by atoms with Gasteiger partial charge >= 0.3 is 5.69 Å². The minimum atomic E-state index is -0.397. The first-order valence-corrected chi connectivity index (χ1v) is 11.9. The Morgan fingerprint density at radius 3 is 2.54 bits per heavy atom. The highest BCUT2D eigenvalue weighted by molar-refractivity contribution is 5.94. The number of carbonyl (C=O) groups excluding carboxylic acids is 1. The van der Waals surface area contributed by atoms with Gasteiger partial charge in [-0.25, -0.2) is 0 Å². The molecule has 2 aromatic carbocycles. The third-order valence-corrected chi connectivity index (χ3v) is 6.73. The van der Waals surface area contributed by atoms with Gasteiger partial charge in [-0.1, -0.05) is 18.2 Å². The maximum Gasteiger partial charge on any atom is 0.312 e. The van der Waals surface area contributed by atoms with Crippen molar-refractivity contribution in [2.24, 2.45) is 0 Å². The van der Waals surface area contributed by atoms with Crippen LogP contribution in [0.1, 0.15) is 58.2 Å². The summed E-state index contributed by atoms with van der Waals surface area (Å²) >= 11 is 0. The van der Waals surface area contributed by atoms with Gasteiger partial charge in [-0.3, -0.25) is 19.6 Å².